The van der Waals surface area contributed by atoms with Gasteiger partial charge in [0.2, 0.25) is 0 Å². The zero-order valence-corrected chi connectivity index (χ0v) is 21.7. The molecule has 1 aliphatic heterocycles. The van der Waals surface area contributed by atoms with Crippen molar-refractivity contribution in [2.75, 3.05) is 4.90 Å². The molecule has 4 rings (SSSR count). The summed E-state index contributed by atoms with van der Waals surface area (Å²) >= 11 is 24.2. The Hall–Kier alpha value is -3.24. The number of benzene rings is 3. The number of imide groups is 2. The maximum atomic E-state index is 13.2. The van der Waals surface area contributed by atoms with Gasteiger partial charge in [-0.2, -0.15) is 13.2 Å². The molecule has 0 saturated carbocycles. The molecule has 1 saturated heterocycles. The van der Waals surface area contributed by atoms with Gasteiger partial charge in [-0.05, 0) is 59.7 Å². The second-order valence-electron chi connectivity index (χ2n) is 7.85. The quantitative estimate of drug-likeness (QED) is 0.241. The normalized spacial score (nSPS) is 15.2. The van der Waals surface area contributed by atoms with E-state index in [2.05, 4.69) is 0 Å². The number of halogens is 7. The topological polar surface area (TPSA) is 75.7 Å². The molecule has 3 aromatic rings. The Balaban J connectivity index is 1.60. The molecule has 1 heterocycles. The molecule has 0 atom stereocenters. The second-order valence-corrected chi connectivity index (χ2v) is 9.48. The molecule has 6 nitrogen and oxygen atoms in total. The van der Waals surface area contributed by atoms with Gasteiger partial charge in [-0.25, -0.2) is 9.69 Å². The second kappa shape index (κ2) is 10.9. The average molecular weight is 604 g/mol. The van der Waals surface area contributed by atoms with E-state index in [1.807, 2.05) is 5.32 Å². The smallest absolute Gasteiger partial charge is 0.416 e. The number of anilines is 1. The van der Waals surface area contributed by atoms with Crippen LogP contribution in [0.5, 0.6) is 5.75 Å². The number of barbiturate groups is 1. The van der Waals surface area contributed by atoms with Crippen LogP contribution in [0, 0.1) is 0 Å². The summed E-state index contributed by atoms with van der Waals surface area (Å²) in [5.41, 5.74) is -1.20. The number of urea groups is 1. The minimum Gasteiger partial charge on any atom is -0.487 e. The maximum absolute atomic E-state index is 13.2. The summed E-state index contributed by atoms with van der Waals surface area (Å²) in [5, 5.41) is 2.51. The summed E-state index contributed by atoms with van der Waals surface area (Å²) in [6.07, 6.45) is -3.63. The van der Waals surface area contributed by atoms with Crippen molar-refractivity contribution in [1.82, 2.24) is 5.32 Å². The van der Waals surface area contributed by atoms with E-state index in [-0.39, 0.29) is 28.0 Å². The molecule has 196 valence electrons. The lowest BCUT2D eigenvalue weighted by atomic mass is 10.1. The summed E-state index contributed by atoms with van der Waals surface area (Å²) in [6, 6.07) is 10.2. The molecule has 0 radical (unpaired) electrons. The predicted molar refractivity (Wildman–Crippen MR) is 138 cm³/mol. The lowest BCUT2D eigenvalue weighted by Crippen LogP contribution is -2.54. The molecule has 0 unspecified atom stereocenters. The van der Waals surface area contributed by atoms with Crippen molar-refractivity contribution >= 4 is 76.0 Å². The van der Waals surface area contributed by atoms with Gasteiger partial charge < -0.3 is 4.74 Å². The standard InChI is InChI=1S/C25H13Cl4F3N2O4/c26-16-4-1-13(9-18(16)28)11-38-21-6-2-12(8-19(21)29)7-15-22(35)33-24(37)34(23(15)36)20-10-14(25(30,31)32)3-5-17(20)27/h1-10H,11H2,(H,33,35,37)/b15-7-. The monoisotopic (exact) mass is 602 g/mol. The Bertz CT molecular complexity index is 1510. The lowest BCUT2D eigenvalue weighted by molar-refractivity contribution is -0.137. The fourth-order valence-electron chi connectivity index (χ4n) is 3.42. The van der Waals surface area contributed by atoms with Crippen molar-refractivity contribution in [2.45, 2.75) is 12.8 Å². The first-order valence-corrected chi connectivity index (χ1v) is 12.0. The van der Waals surface area contributed by atoms with Crippen LogP contribution in [0.2, 0.25) is 20.1 Å². The first-order valence-electron chi connectivity index (χ1n) is 10.5. The number of hydrogen-bond acceptors (Lipinski definition) is 4. The average Bonchev–Trinajstić information content (AvgIpc) is 2.83. The third-order valence-corrected chi connectivity index (χ3v) is 6.62. The Morgan fingerprint density at radius 3 is 2.21 bits per heavy atom. The molecular weight excluding hydrogens is 591 g/mol. The molecular formula is C25H13Cl4F3N2O4. The highest BCUT2D eigenvalue weighted by molar-refractivity contribution is 6.42. The van der Waals surface area contributed by atoms with Gasteiger partial charge in [0.25, 0.3) is 11.8 Å². The molecule has 3 aromatic carbocycles. The van der Waals surface area contributed by atoms with Crippen molar-refractivity contribution in [1.29, 1.82) is 0 Å². The van der Waals surface area contributed by atoms with Gasteiger partial charge in [0.05, 0.1) is 31.3 Å². The van der Waals surface area contributed by atoms with E-state index in [1.54, 1.807) is 18.2 Å². The number of ether oxygens (including phenoxy) is 1. The molecule has 0 aromatic heterocycles. The summed E-state index contributed by atoms with van der Waals surface area (Å²) < 4.78 is 45.3. The number of nitrogens with one attached hydrogen (secondary N) is 1. The Morgan fingerprint density at radius 1 is 0.842 bits per heavy atom. The summed E-state index contributed by atoms with van der Waals surface area (Å²) in [6.45, 7) is 0.118. The highest BCUT2D eigenvalue weighted by Gasteiger charge is 2.39. The Morgan fingerprint density at radius 2 is 1.55 bits per heavy atom. The largest absolute Gasteiger partial charge is 0.487 e. The van der Waals surface area contributed by atoms with Crippen molar-refractivity contribution < 1.29 is 32.3 Å². The van der Waals surface area contributed by atoms with Gasteiger partial charge in [0.15, 0.2) is 0 Å². The lowest BCUT2D eigenvalue weighted by Gasteiger charge is -2.27. The number of nitrogens with zero attached hydrogens (tertiary/aromatic N) is 1. The van der Waals surface area contributed by atoms with Crippen LogP contribution >= 0.6 is 46.4 Å². The zero-order chi connectivity index (χ0) is 27.8. The van der Waals surface area contributed by atoms with Crippen LogP contribution in [0.15, 0.2) is 60.2 Å². The molecule has 0 aliphatic carbocycles. The van der Waals surface area contributed by atoms with Gasteiger partial charge in [0, 0.05) is 0 Å². The number of carbonyl (C=O) groups excluding carboxylic acids is 3. The van der Waals surface area contributed by atoms with Crippen molar-refractivity contribution in [3.8, 4) is 5.75 Å². The fourth-order valence-corrected chi connectivity index (χ4v) is 4.18. The van der Waals surface area contributed by atoms with Crippen molar-refractivity contribution in [3.63, 3.8) is 0 Å². The molecule has 38 heavy (non-hydrogen) atoms. The van der Waals surface area contributed by atoms with Crippen LogP contribution in [0.1, 0.15) is 16.7 Å². The van der Waals surface area contributed by atoms with Gasteiger partial charge in [-0.15, -0.1) is 0 Å². The van der Waals surface area contributed by atoms with E-state index >= 15 is 0 Å². The van der Waals surface area contributed by atoms with Crippen LogP contribution in [-0.2, 0) is 22.4 Å². The molecule has 13 heteroatoms. The number of alkyl halides is 3. The SMILES string of the molecule is O=C1NC(=O)N(c2cc(C(F)(F)F)ccc2Cl)C(=O)/C1=C\c1ccc(OCc2ccc(Cl)c(Cl)c2)c(Cl)c1. The van der Waals surface area contributed by atoms with Gasteiger partial charge >= 0.3 is 12.2 Å². The van der Waals surface area contributed by atoms with Gasteiger partial charge in [0.1, 0.15) is 17.9 Å². The minimum absolute atomic E-state index is 0.118. The first kappa shape index (κ1) is 27.8. The third-order valence-electron chi connectivity index (χ3n) is 5.26. The molecule has 1 aliphatic rings. The molecule has 1 N–H and O–H groups in total. The Labute approximate surface area is 233 Å². The van der Waals surface area contributed by atoms with Crippen molar-refractivity contribution in [3.05, 3.63) is 97.0 Å². The maximum Gasteiger partial charge on any atom is 0.416 e. The van der Waals surface area contributed by atoms with E-state index in [0.717, 1.165) is 17.7 Å². The fraction of sp³-hybridized carbons (Fsp3) is 0.0800. The molecule has 1 fully saturated rings. The van der Waals surface area contributed by atoms with Gasteiger partial charge in [-0.3, -0.25) is 14.9 Å². The Kier molecular flexibility index (Phi) is 7.94. The van der Waals surface area contributed by atoms with E-state index in [9.17, 15) is 27.6 Å². The first-order chi connectivity index (χ1) is 17.8. The highest BCUT2D eigenvalue weighted by atomic mass is 35.5. The van der Waals surface area contributed by atoms with Crippen LogP contribution in [-0.4, -0.2) is 17.8 Å². The van der Waals surface area contributed by atoms with Crippen LogP contribution in [0.25, 0.3) is 6.08 Å². The van der Waals surface area contributed by atoms with Crippen LogP contribution in [0.3, 0.4) is 0 Å². The van der Waals surface area contributed by atoms with E-state index in [1.165, 1.54) is 18.2 Å². The molecule has 0 spiro atoms. The summed E-state index contributed by atoms with van der Waals surface area (Å²) in [4.78, 5) is 38.3. The molecule has 4 amide bonds. The highest BCUT2D eigenvalue weighted by Crippen LogP contribution is 2.37. The van der Waals surface area contributed by atoms with E-state index < -0.39 is 40.8 Å². The minimum atomic E-state index is -4.76. The predicted octanol–water partition coefficient (Wildman–Crippen LogP) is 7.56. The van der Waals surface area contributed by atoms with Crippen molar-refractivity contribution in [2.24, 2.45) is 0 Å². The number of hydrogen-bond donors (Lipinski definition) is 1. The third kappa shape index (κ3) is 5.91. The zero-order valence-electron chi connectivity index (χ0n) is 18.7. The number of amides is 4. The van der Waals surface area contributed by atoms with E-state index in [0.29, 0.717) is 27.1 Å². The summed E-state index contributed by atoms with van der Waals surface area (Å²) in [5.74, 6) is -1.93. The summed E-state index contributed by atoms with van der Waals surface area (Å²) in [7, 11) is 0. The number of rotatable bonds is 5. The number of carbonyl (C=O) groups is 3. The molecule has 0 bridgehead atoms. The van der Waals surface area contributed by atoms with Crippen LogP contribution in [0.4, 0.5) is 23.7 Å². The van der Waals surface area contributed by atoms with Crippen LogP contribution < -0.4 is 15.0 Å². The van der Waals surface area contributed by atoms with Gasteiger partial charge in [-0.1, -0.05) is 58.5 Å². The van der Waals surface area contributed by atoms with E-state index in [4.69, 9.17) is 51.1 Å².